The largest absolute Gasteiger partial charge is 0.459 e. The van der Waals surface area contributed by atoms with Gasteiger partial charge in [0.05, 0.1) is 6.20 Å². The number of hydrogen-bond acceptors (Lipinski definition) is 5. The molecule has 3 aromatic rings. The van der Waals surface area contributed by atoms with Crippen LogP contribution in [0.4, 0.5) is 10.2 Å². The molecule has 0 aliphatic rings. The number of rotatable bonds is 8. The van der Waals surface area contributed by atoms with E-state index in [1.54, 1.807) is 0 Å². The molecule has 1 heterocycles. The van der Waals surface area contributed by atoms with Crippen LogP contribution in [-0.2, 0) is 12.4 Å². The first-order chi connectivity index (χ1) is 14.6. The maximum atomic E-state index is 14.3. The number of aliphatic imine (C=N–C) groups is 1. The zero-order valence-corrected chi connectivity index (χ0v) is 18.0. The molecule has 0 radical (unpaired) electrons. The van der Waals surface area contributed by atoms with Crippen molar-refractivity contribution in [2.75, 3.05) is 11.9 Å². The van der Waals surface area contributed by atoms with Gasteiger partial charge in [0, 0.05) is 12.3 Å². The van der Waals surface area contributed by atoms with Crippen LogP contribution in [0.25, 0.3) is 0 Å². The number of hydrogen-bond donors (Lipinski definition) is 1. The second-order valence-electron chi connectivity index (χ2n) is 6.71. The first-order valence-corrected chi connectivity index (χ1v) is 10.8. The Morgan fingerprint density at radius 3 is 2.60 bits per heavy atom. The number of anilines is 1. The molecule has 3 rings (SSSR count). The van der Waals surface area contributed by atoms with Gasteiger partial charge in [-0.2, -0.15) is 4.98 Å². The van der Waals surface area contributed by atoms with E-state index in [1.807, 2.05) is 68.4 Å². The highest BCUT2D eigenvalue weighted by Crippen LogP contribution is 2.19. The average Bonchev–Trinajstić information content (AvgIpc) is 2.77. The lowest BCUT2D eigenvalue weighted by molar-refractivity contribution is 0.280. The highest BCUT2D eigenvalue weighted by molar-refractivity contribution is 8.13. The fraction of sp³-hybridized carbons (Fsp3) is 0.261. The summed E-state index contributed by atoms with van der Waals surface area (Å²) in [6.45, 7) is 5.03. The lowest BCUT2D eigenvalue weighted by Gasteiger charge is -2.11. The van der Waals surface area contributed by atoms with E-state index in [-0.39, 0.29) is 11.8 Å². The van der Waals surface area contributed by atoms with Crippen LogP contribution in [0, 0.1) is 12.7 Å². The molecular weight excluding hydrogens is 399 g/mol. The molecule has 0 unspecified atom stereocenters. The maximum absolute atomic E-state index is 14.3. The van der Waals surface area contributed by atoms with Crippen molar-refractivity contribution in [3.8, 4) is 6.01 Å². The molecular formula is C23H25FN4OS. The zero-order chi connectivity index (χ0) is 21.2. The number of thioether (sulfide) groups is 1. The van der Waals surface area contributed by atoms with Crippen LogP contribution >= 0.6 is 11.8 Å². The average molecular weight is 425 g/mol. The Morgan fingerprint density at radius 1 is 1.10 bits per heavy atom. The SMILES string of the molecule is CCC/N=C(/Nc1nc(OCc2ccc(C)cc2)ncc1F)SCc1ccccc1. The van der Waals surface area contributed by atoms with Crippen LogP contribution < -0.4 is 10.1 Å². The van der Waals surface area contributed by atoms with Gasteiger partial charge in [-0.05, 0) is 24.5 Å². The molecule has 0 amide bonds. The van der Waals surface area contributed by atoms with E-state index >= 15 is 0 Å². The Kier molecular flexibility index (Phi) is 8.20. The van der Waals surface area contributed by atoms with E-state index in [0.717, 1.165) is 23.9 Å². The van der Waals surface area contributed by atoms with Crippen LogP contribution in [0.1, 0.15) is 30.0 Å². The number of amidine groups is 1. The van der Waals surface area contributed by atoms with Crippen LogP contribution in [0.5, 0.6) is 6.01 Å². The number of halogens is 1. The van der Waals surface area contributed by atoms with Crippen LogP contribution in [-0.4, -0.2) is 21.7 Å². The van der Waals surface area contributed by atoms with Gasteiger partial charge in [0.15, 0.2) is 16.8 Å². The van der Waals surface area contributed by atoms with Gasteiger partial charge in [-0.1, -0.05) is 78.8 Å². The van der Waals surface area contributed by atoms with E-state index in [1.165, 1.54) is 22.9 Å². The normalized spacial score (nSPS) is 11.4. The lowest BCUT2D eigenvalue weighted by Crippen LogP contribution is -2.13. The Hall–Kier alpha value is -2.93. The van der Waals surface area contributed by atoms with Crippen molar-refractivity contribution >= 4 is 22.7 Å². The molecule has 156 valence electrons. The Morgan fingerprint density at radius 2 is 1.87 bits per heavy atom. The second-order valence-corrected chi connectivity index (χ2v) is 7.67. The molecule has 7 heteroatoms. The van der Waals surface area contributed by atoms with E-state index < -0.39 is 5.82 Å². The van der Waals surface area contributed by atoms with Crippen molar-refractivity contribution in [3.05, 3.63) is 83.3 Å². The van der Waals surface area contributed by atoms with Crippen LogP contribution in [0.2, 0.25) is 0 Å². The second kappa shape index (κ2) is 11.3. The Balaban J connectivity index is 1.67. The van der Waals surface area contributed by atoms with Gasteiger partial charge >= 0.3 is 6.01 Å². The summed E-state index contributed by atoms with van der Waals surface area (Å²) in [4.78, 5) is 12.7. The molecule has 0 aliphatic heterocycles. The molecule has 5 nitrogen and oxygen atoms in total. The fourth-order valence-electron chi connectivity index (χ4n) is 2.50. The topological polar surface area (TPSA) is 59.4 Å². The molecule has 0 atom stereocenters. The molecule has 0 aliphatic carbocycles. The summed E-state index contributed by atoms with van der Waals surface area (Å²) < 4.78 is 20.0. The minimum absolute atomic E-state index is 0.0549. The highest BCUT2D eigenvalue weighted by Gasteiger charge is 2.11. The van der Waals surface area contributed by atoms with Gasteiger partial charge in [-0.15, -0.1) is 0 Å². The number of aryl methyl sites for hydroxylation is 1. The third-order valence-electron chi connectivity index (χ3n) is 4.13. The molecule has 0 fully saturated rings. The van der Waals surface area contributed by atoms with Gasteiger partial charge in [0.2, 0.25) is 0 Å². The highest BCUT2D eigenvalue weighted by atomic mass is 32.2. The summed E-state index contributed by atoms with van der Waals surface area (Å²) in [5.74, 6) is 0.223. The van der Waals surface area contributed by atoms with E-state index in [2.05, 4.69) is 20.3 Å². The first-order valence-electron chi connectivity index (χ1n) is 9.83. The summed E-state index contributed by atoms with van der Waals surface area (Å²) in [6, 6.07) is 18.2. The number of nitrogens with one attached hydrogen (secondary N) is 1. The predicted molar refractivity (Wildman–Crippen MR) is 121 cm³/mol. The van der Waals surface area contributed by atoms with E-state index in [9.17, 15) is 4.39 Å². The van der Waals surface area contributed by atoms with Crippen molar-refractivity contribution in [3.63, 3.8) is 0 Å². The quantitative estimate of drug-likeness (QED) is 0.376. The number of ether oxygens (including phenoxy) is 1. The third kappa shape index (κ3) is 6.84. The van der Waals surface area contributed by atoms with Gasteiger partial charge in [-0.25, -0.2) is 9.37 Å². The minimum Gasteiger partial charge on any atom is -0.459 e. The summed E-state index contributed by atoms with van der Waals surface area (Å²) in [7, 11) is 0. The van der Waals surface area contributed by atoms with Crippen molar-refractivity contribution in [2.45, 2.75) is 32.6 Å². The molecule has 1 aromatic heterocycles. The molecule has 1 N–H and O–H groups in total. The third-order valence-corrected chi connectivity index (χ3v) is 5.12. The summed E-state index contributed by atoms with van der Waals surface area (Å²) >= 11 is 1.51. The monoisotopic (exact) mass is 424 g/mol. The number of benzene rings is 2. The standard InChI is InChI=1S/C23H25FN4OS/c1-3-13-25-23(30-16-19-7-5-4-6-8-19)28-21-20(24)14-26-22(27-21)29-15-18-11-9-17(2)10-12-18/h4-12,14H,3,13,15-16H2,1-2H3,(H,25,26,27,28). The van der Waals surface area contributed by atoms with Crippen molar-refractivity contribution in [2.24, 2.45) is 4.99 Å². The van der Waals surface area contributed by atoms with Crippen molar-refractivity contribution in [1.29, 1.82) is 0 Å². The molecule has 0 saturated carbocycles. The summed E-state index contributed by atoms with van der Waals surface area (Å²) in [5, 5.41) is 3.62. The van der Waals surface area contributed by atoms with Crippen LogP contribution in [0.3, 0.4) is 0 Å². The smallest absolute Gasteiger partial charge is 0.318 e. The van der Waals surface area contributed by atoms with Crippen molar-refractivity contribution in [1.82, 2.24) is 9.97 Å². The lowest BCUT2D eigenvalue weighted by atomic mass is 10.2. The minimum atomic E-state index is -0.554. The van der Waals surface area contributed by atoms with Gasteiger partial charge < -0.3 is 10.1 Å². The van der Waals surface area contributed by atoms with Crippen LogP contribution in [0.15, 0.2) is 65.8 Å². The number of aromatic nitrogens is 2. The molecule has 0 bridgehead atoms. The Labute approximate surface area is 180 Å². The zero-order valence-electron chi connectivity index (χ0n) is 17.1. The maximum Gasteiger partial charge on any atom is 0.318 e. The van der Waals surface area contributed by atoms with Gasteiger partial charge in [0.1, 0.15) is 6.61 Å². The molecule has 0 saturated heterocycles. The van der Waals surface area contributed by atoms with Gasteiger partial charge in [0.25, 0.3) is 0 Å². The summed E-state index contributed by atoms with van der Waals surface area (Å²) in [5.41, 5.74) is 3.33. The Bertz CT molecular complexity index is 965. The molecule has 0 spiro atoms. The van der Waals surface area contributed by atoms with E-state index in [4.69, 9.17) is 4.74 Å². The van der Waals surface area contributed by atoms with Gasteiger partial charge in [-0.3, -0.25) is 4.99 Å². The molecule has 30 heavy (non-hydrogen) atoms. The predicted octanol–water partition coefficient (Wildman–Crippen LogP) is 5.61. The fourth-order valence-corrected chi connectivity index (χ4v) is 3.35. The van der Waals surface area contributed by atoms with E-state index in [0.29, 0.717) is 18.3 Å². The number of nitrogens with zero attached hydrogens (tertiary/aromatic N) is 3. The first kappa shape index (κ1) is 21.8. The van der Waals surface area contributed by atoms with Crippen molar-refractivity contribution < 1.29 is 9.13 Å². The summed E-state index contributed by atoms with van der Waals surface area (Å²) in [6.07, 6.45) is 2.01. The molecule has 2 aromatic carbocycles.